The van der Waals surface area contributed by atoms with E-state index in [0.29, 0.717) is 18.5 Å². The quantitative estimate of drug-likeness (QED) is 0.307. The largest absolute Gasteiger partial charge is 0.330 e. The third kappa shape index (κ3) is 7.97. The van der Waals surface area contributed by atoms with Gasteiger partial charge in [-0.3, -0.25) is 14.7 Å². The molecule has 1 fully saturated rings. The van der Waals surface area contributed by atoms with Gasteiger partial charge in [0.1, 0.15) is 17.5 Å². The fourth-order valence-corrected chi connectivity index (χ4v) is 4.79. The molecule has 5 nitrogen and oxygen atoms in total. The van der Waals surface area contributed by atoms with Gasteiger partial charge in [0.2, 0.25) is 0 Å². The Morgan fingerprint density at radius 3 is 2.33 bits per heavy atom. The average molecular weight is 495 g/mol. The van der Waals surface area contributed by atoms with Crippen molar-refractivity contribution in [3.63, 3.8) is 0 Å². The van der Waals surface area contributed by atoms with E-state index in [0.717, 1.165) is 48.9 Å². The number of carbonyl (C=O) groups excluding carboxylic acids is 1. The molecule has 0 spiro atoms. The van der Waals surface area contributed by atoms with Crippen molar-refractivity contribution in [2.45, 2.75) is 106 Å². The van der Waals surface area contributed by atoms with Gasteiger partial charge in [0.15, 0.2) is 0 Å². The molecule has 200 valence electrons. The second-order valence-corrected chi connectivity index (χ2v) is 10.2. The highest BCUT2D eigenvalue weighted by atomic mass is 16.2. The summed E-state index contributed by atoms with van der Waals surface area (Å²) in [6.07, 6.45) is 9.37. The summed E-state index contributed by atoms with van der Waals surface area (Å²) in [6, 6.07) is 9.02. The predicted octanol–water partition coefficient (Wildman–Crippen LogP) is 7.19. The summed E-state index contributed by atoms with van der Waals surface area (Å²) in [4.78, 5) is 21.9. The van der Waals surface area contributed by atoms with Crippen LogP contribution in [0.15, 0.2) is 53.1 Å². The van der Waals surface area contributed by atoms with Gasteiger partial charge in [-0.1, -0.05) is 83.4 Å². The standard InChI is InChI=1S/C22H38N4O.C9H12/c1-7-15-26-18(6)25(9-3)22(27)17(5)21(26)24-20(16(4)8-2)23-19-13-11-10-12-14-19;1-3-9-6-4-5-8(2)7-9/h16,19H,6-15H2,1-5H3,(H,23,24);4-7H,3H2,1-2H3. The lowest BCUT2D eigenvalue weighted by Crippen LogP contribution is -2.49. The number of aryl methyl sites for hydroxylation is 2. The summed E-state index contributed by atoms with van der Waals surface area (Å²) in [5.41, 5.74) is 3.53. The summed E-state index contributed by atoms with van der Waals surface area (Å²) in [6.45, 7) is 20.4. The van der Waals surface area contributed by atoms with E-state index in [-0.39, 0.29) is 5.91 Å². The molecular weight excluding hydrogens is 444 g/mol. The maximum atomic E-state index is 12.8. The number of benzene rings is 1. The van der Waals surface area contributed by atoms with Crippen molar-refractivity contribution in [3.8, 4) is 0 Å². The van der Waals surface area contributed by atoms with E-state index in [1.165, 1.54) is 43.2 Å². The van der Waals surface area contributed by atoms with Gasteiger partial charge < -0.3 is 10.2 Å². The minimum atomic E-state index is 0.0403. The van der Waals surface area contributed by atoms with Crippen LogP contribution < -0.4 is 5.32 Å². The monoisotopic (exact) mass is 494 g/mol. The maximum absolute atomic E-state index is 12.8. The Labute approximate surface area is 220 Å². The molecule has 0 saturated heterocycles. The Balaban J connectivity index is 0.000000425. The van der Waals surface area contributed by atoms with Crippen molar-refractivity contribution in [2.75, 3.05) is 13.1 Å². The molecule has 1 unspecified atom stereocenters. The van der Waals surface area contributed by atoms with E-state index in [1.807, 2.05) is 13.8 Å². The number of hydrogen-bond acceptors (Lipinski definition) is 3. The molecule has 1 aliphatic heterocycles. The van der Waals surface area contributed by atoms with Crippen molar-refractivity contribution in [2.24, 2.45) is 10.9 Å². The number of hydrogen-bond donors (Lipinski definition) is 1. The van der Waals surface area contributed by atoms with Crippen molar-refractivity contribution >= 4 is 11.7 Å². The molecule has 1 N–H and O–H groups in total. The summed E-state index contributed by atoms with van der Waals surface area (Å²) in [7, 11) is 0. The first-order valence-corrected chi connectivity index (χ1v) is 14.2. The molecule has 3 rings (SSSR count). The number of likely N-dealkylation sites (N-methyl/N-ethyl adjacent to an activating group) is 1. The van der Waals surface area contributed by atoms with Crippen LogP contribution in [-0.4, -0.2) is 40.7 Å². The van der Waals surface area contributed by atoms with Gasteiger partial charge in [-0.25, -0.2) is 0 Å². The fraction of sp³-hybridized carbons (Fsp3) is 0.613. The molecular formula is C31H50N4O. The molecule has 1 aromatic carbocycles. The van der Waals surface area contributed by atoms with Crippen LogP contribution in [-0.2, 0) is 11.2 Å². The van der Waals surface area contributed by atoms with Crippen LogP contribution >= 0.6 is 0 Å². The Morgan fingerprint density at radius 2 is 1.81 bits per heavy atom. The highest BCUT2D eigenvalue weighted by molar-refractivity contribution is 5.97. The minimum Gasteiger partial charge on any atom is -0.330 e. The van der Waals surface area contributed by atoms with E-state index in [1.54, 1.807) is 4.90 Å². The normalized spacial score (nSPS) is 18.2. The summed E-state index contributed by atoms with van der Waals surface area (Å²) < 4.78 is 0. The second kappa shape index (κ2) is 14.9. The summed E-state index contributed by atoms with van der Waals surface area (Å²) in [5.74, 6) is 3.03. The van der Waals surface area contributed by atoms with Gasteiger partial charge in [0.25, 0.3) is 5.91 Å². The number of nitrogens with one attached hydrogen (secondary N) is 1. The molecule has 36 heavy (non-hydrogen) atoms. The first kappa shape index (κ1) is 29.7. The second-order valence-electron chi connectivity index (χ2n) is 10.2. The smallest absolute Gasteiger partial charge is 0.258 e. The molecule has 1 atom stereocenters. The maximum Gasteiger partial charge on any atom is 0.258 e. The number of amides is 1. The lowest BCUT2D eigenvalue weighted by atomic mass is 9.95. The third-order valence-electron chi connectivity index (χ3n) is 7.29. The van der Waals surface area contributed by atoms with Crippen LogP contribution in [0.4, 0.5) is 0 Å². The van der Waals surface area contributed by atoms with Crippen molar-refractivity contribution < 1.29 is 4.79 Å². The minimum absolute atomic E-state index is 0.0403. The van der Waals surface area contributed by atoms with Gasteiger partial charge >= 0.3 is 0 Å². The van der Waals surface area contributed by atoms with Gasteiger partial charge in [0.05, 0.1) is 11.6 Å². The van der Waals surface area contributed by atoms with Gasteiger partial charge in [-0.2, -0.15) is 0 Å². The van der Waals surface area contributed by atoms with E-state index in [2.05, 4.69) is 75.7 Å². The van der Waals surface area contributed by atoms with Crippen LogP contribution in [0.3, 0.4) is 0 Å². The molecule has 1 aromatic rings. The summed E-state index contributed by atoms with van der Waals surface area (Å²) >= 11 is 0. The lowest BCUT2D eigenvalue weighted by Gasteiger charge is -2.41. The predicted molar refractivity (Wildman–Crippen MR) is 154 cm³/mol. The van der Waals surface area contributed by atoms with E-state index in [9.17, 15) is 4.79 Å². The van der Waals surface area contributed by atoms with Crippen LogP contribution in [0, 0.1) is 12.8 Å². The molecule has 5 heteroatoms. The van der Waals surface area contributed by atoms with Gasteiger partial charge in [-0.15, -0.1) is 0 Å². The number of rotatable bonds is 8. The van der Waals surface area contributed by atoms with Crippen LogP contribution in [0.1, 0.15) is 97.6 Å². The van der Waals surface area contributed by atoms with E-state index >= 15 is 0 Å². The fourth-order valence-electron chi connectivity index (χ4n) is 4.79. The summed E-state index contributed by atoms with van der Waals surface area (Å²) in [5, 5.41) is 3.59. The zero-order valence-corrected chi connectivity index (χ0v) is 24.0. The number of carbonyl (C=O) groups is 1. The molecule has 1 saturated carbocycles. The highest BCUT2D eigenvalue weighted by Gasteiger charge is 2.32. The Bertz CT molecular complexity index is 926. The van der Waals surface area contributed by atoms with Crippen molar-refractivity contribution in [1.29, 1.82) is 0 Å². The highest BCUT2D eigenvalue weighted by Crippen LogP contribution is 2.27. The Morgan fingerprint density at radius 1 is 1.11 bits per heavy atom. The topological polar surface area (TPSA) is 47.9 Å². The molecule has 1 aliphatic carbocycles. The van der Waals surface area contributed by atoms with Crippen LogP contribution in [0.25, 0.3) is 0 Å². The lowest BCUT2D eigenvalue weighted by molar-refractivity contribution is -0.127. The van der Waals surface area contributed by atoms with Crippen LogP contribution in [0.5, 0.6) is 0 Å². The van der Waals surface area contributed by atoms with Crippen LogP contribution in [0.2, 0.25) is 0 Å². The Hall–Kier alpha value is -2.56. The van der Waals surface area contributed by atoms with E-state index in [4.69, 9.17) is 4.99 Å². The third-order valence-corrected chi connectivity index (χ3v) is 7.29. The number of aliphatic imine (C=N–C) groups is 1. The number of nitrogens with zero attached hydrogens (tertiary/aromatic N) is 3. The first-order chi connectivity index (χ1) is 17.3. The Kier molecular flexibility index (Phi) is 12.3. The van der Waals surface area contributed by atoms with Gasteiger partial charge in [0, 0.05) is 19.0 Å². The van der Waals surface area contributed by atoms with Crippen molar-refractivity contribution in [3.05, 3.63) is 59.2 Å². The molecule has 1 amide bonds. The average Bonchev–Trinajstić information content (AvgIpc) is 2.89. The molecule has 0 radical (unpaired) electrons. The van der Waals surface area contributed by atoms with Gasteiger partial charge in [-0.05, 0) is 58.4 Å². The van der Waals surface area contributed by atoms with Crippen molar-refractivity contribution in [1.82, 2.24) is 15.1 Å². The zero-order valence-electron chi connectivity index (χ0n) is 24.0. The van der Waals surface area contributed by atoms with E-state index < -0.39 is 0 Å². The molecule has 2 aliphatic rings. The SMILES string of the molecule is C=C1N(CC)C(=O)C(C)=C(NC(=NC2CCCCC2)C(C)CC)N1CCC.CCc1cccc(C)c1. The molecule has 0 aromatic heterocycles. The number of amidine groups is 1. The first-order valence-electron chi connectivity index (χ1n) is 14.2. The zero-order chi connectivity index (χ0) is 26.7. The molecule has 0 bridgehead atoms. The molecule has 1 heterocycles.